The summed E-state index contributed by atoms with van der Waals surface area (Å²) in [6.07, 6.45) is -2.93. The number of methoxy groups -OCH3 is 2. The highest BCUT2D eigenvalue weighted by Crippen LogP contribution is 2.42. The number of para-hydroxylation sites is 4. The maximum Gasteiger partial charge on any atom is 0.416 e. The maximum absolute atomic E-state index is 13.7. The molecule has 6 nitrogen and oxygen atoms in total. The van der Waals surface area contributed by atoms with Crippen LogP contribution in [0.3, 0.4) is 0 Å². The molecule has 0 N–H and O–H groups in total. The average Bonchev–Trinajstić information content (AvgIpc) is 3.53. The van der Waals surface area contributed by atoms with Crippen molar-refractivity contribution >= 4 is 40.3 Å². The summed E-state index contributed by atoms with van der Waals surface area (Å²) in [5.41, 5.74) is 0.524. The molecule has 4 aromatic rings. The molecule has 2 heterocycles. The molecule has 1 aliphatic heterocycles. The van der Waals surface area contributed by atoms with Crippen LogP contribution in [0.25, 0.3) is 17.4 Å². The van der Waals surface area contributed by atoms with Gasteiger partial charge in [-0.25, -0.2) is 4.99 Å². The first-order valence-electron chi connectivity index (χ1n) is 11.6. The Hall–Kier alpha value is -4.44. The second kappa shape index (κ2) is 10.7. The first-order valence-corrected chi connectivity index (χ1v) is 12.5. The number of ether oxygens (including phenoxy) is 2. The van der Waals surface area contributed by atoms with E-state index in [0.29, 0.717) is 38.7 Å². The Kier molecular flexibility index (Phi) is 7.21. The van der Waals surface area contributed by atoms with E-state index in [1.165, 1.54) is 37.3 Å². The number of anilines is 1. The molecule has 10 heteroatoms. The van der Waals surface area contributed by atoms with Gasteiger partial charge in [0.2, 0.25) is 0 Å². The Morgan fingerprint density at radius 1 is 0.897 bits per heavy atom. The Morgan fingerprint density at radius 3 is 2.36 bits per heavy atom. The Morgan fingerprint density at radius 2 is 1.62 bits per heavy atom. The van der Waals surface area contributed by atoms with E-state index in [1.807, 2.05) is 12.1 Å². The van der Waals surface area contributed by atoms with Crippen LogP contribution in [0.2, 0.25) is 0 Å². The van der Waals surface area contributed by atoms with Crippen LogP contribution in [0.15, 0.2) is 99.2 Å². The van der Waals surface area contributed by atoms with Crippen molar-refractivity contribution in [3.05, 3.63) is 101 Å². The van der Waals surface area contributed by atoms with Gasteiger partial charge in [0, 0.05) is 11.6 Å². The molecule has 1 aromatic heterocycles. The molecule has 39 heavy (non-hydrogen) atoms. The van der Waals surface area contributed by atoms with Gasteiger partial charge < -0.3 is 13.9 Å². The van der Waals surface area contributed by atoms with Gasteiger partial charge in [-0.3, -0.25) is 9.69 Å². The molecule has 0 bridgehead atoms. The molecule has 0 spiro atoms. The van der Waals surface area contributed by atoms with Crippen molar-refractivity contribution in [3.63, 3.8) is 0 Å². The number of hydrogen-bond acceptors (Lipinski definition) is 6. The monoisotopic (exact) mass is 550 g/mol. The van der Waals surface area contributed by atoms with Gasteiger partial charge in [0.15, 0.2) is 5.17 Å². The average molecular weight is 551 g/mol. The molecule has 3 aromatic carbocycles. The van der Waals surface area contributed by atoms with E-state index in [1.54, 1.807) is 48.5 Å². The topological polar surface area (TPSA) is 64.3 Å². The number of benzene rings is 3. The quantitative estimate of drug-likeness (QED) is 0.229. The van der Waals surface area contributed by atoms with Crippen LogP contribution in [0.4, 0.5) is 24.5 Å². The zero-order valence-electron chi connectivity index (χ0n) is 20.7. The van der Waals surface area contributed by atoms with Crippen molar-refractivity contribution in [1.29, 1.82) is 0 Å². The van der Waals surface area contributed by atoms with Gasteiger partial charge in [-0.1, -0.05) is 36.4 Å². The number of alkyl halides is 3. The summed E-state index contributed by atoms with van der Waals surface area (Å²) in [6, 6.07) is 22.3. The predicted octanol–water partition coefficient (Wildman–Crippen LogP) is 7.79. The molecule has 0 saturated carbocycles. The zero-order valence-corrected chi connectivity index (χ0v) is 21.5. The van der Waals surface area contributed by atoms with E-state index in [0.717, 1.165) is 23.9 Å². The zero-order chi connectivity index (χ0) is 27.6. The number of nitrogens with zero attached hydrogens (tertiary/aromatic N) is 2. The molecule has 1 fully saturated rings. The van der Waals surface area contributed by atoms with Crippen LogP contribution in [0, 0.1) is 0 Å². The highest BCUT2D eigenvalue weighted by molar-refractivity contribution is 8.19. The third-order valence-electron chi connectivity index (χ3n) is 5.81. The first kappa shape index (κ1) is 26.2. The lowest BCUT2D eigenvalue weighted by Gasteiger charge is -2.18. The molecule has 1 saturated heterocycles. The van der Waals surface area contributed by atoms with Crippen LogP contribution in [0.1, 0.15) is 11.3 Å². The summed E-state index contributed by atoms with van der Waals surface area (Å²) >= 11 is 1.13. The molecule has 1 amide bonds. The predicted molar refractivity (Wildman–Crippen MR) is 145 cm³/mol. The minimum absolute atomic E-state index is 0.243. The van der Waals surface area contributed by atoms with Crippen molar-refractivity contribution in [2.75, 3.05) is 19.1 Å². The van der Waals surface area contributed by atoms with E-state index in [2.05, 4.69) is 0 Å². The fraction of sp³-hybridized carbons (Fsp3) is 0.103. The number of rotatable bonds is 6. The number of aliphatic imine (C=N–C) groups is 1. The normalized spacial score (nSPS) is 15.8. The number of carbonyl (C=O) groups excluding carboxylic acids is 1. The molecule has 198 valence electrons. The van der Waals surface area contributed by atoms with Crippen molar-refractivity contribution in [3.8, 4) is 22.8 Å². The number of hydrogen-bond donors (Lipinski definition) is 0. The van der Waals surface area contributed by atoms with E-state index in [4.69, 9.17) is 18.9 Å². The van der Waals surface area contributed by atoms with Crippen LogP contribution in [-0.4, -0.2) is 25.3 Å². The highest BCUT2D eigenvalue weighted by Gasteiger charge is 2.37. The fourth-order valence-electron chi connectivity index (χ4n) is 3.96. The molecular formula is C29H21F3N2O4S. The van der Waals surface area contributed by atoms with Gasteiger partial charge in [0.05, 0.1) is 30.4 Å². The molecule has 0 radical (unpaired) electrons. The second-order valence-electron chi connectivity index (χ2n) is 8.27. The van der Waals surface area contributed by atoms with Crippen LogP contribution < -0.4 is 14.4 Å². The van der Waals surface area contributed by atoms with Gasteiger partial charge in [-0.2, -0.15) is 13.2 Å². The van der Waals surface area contributed by atoms with Gasteiger partial charge >= 0.3 is 6.18 Å². The van der Waals surface area contributed by atoms with Gasteiger partial charge in [-0.05, 0) is 60.3 Å². The van der Waals surface area contributed by atoms with E-state index in [-0.39, 0.29) is 17.2 Å². The fourth-order valence-corrected chi connectivity index (χ4v) is 4.93. The number of carbonyl (C=O) groups is 1. The third kappa shape index (κ3) is 5.42. The van der Waals surface area contributed by atoms with E-state index >= 15 is 0 Å². The minimum atomic E-state index is -4.47. The Bertz CT molecular complexity index is 1590. The molecule has 0 aliphatic carbocycles. The van der Waals surface area contributed by atoms with E-state index in [9.17, 15) is 18.0 Å². The molecule has 0 unspecified atom stereocenters. The van der Waals surface area contributed by atoms with Gasteiger partial charge in [0.25, 0.3) is 5.91 Å². The summed E-state index contributed by atoms with van der Waals surface area (Å²) in [5.74, 6) is 1.19. The van der Waals surface area contributed by atoms with Crippen molar-refractivity contribution in [2.24, 2.45) is 4.99 Å². The lowest BCUT2D eigenvalue weighted by molar-refractivity contribution is -0.137. The first-order chi connectivity index (χ1) is 18.8. The van der Waals surface area contributed by atoms with Crippen LogP contribution >= 0.6 is 11.8 Å². The van der Waals surface area contributed by atoms with Crippen LogP contribution in [-0.2, 0) is 11.0 Å². The smallest absolute Gasteiger partial charge is 0.416 e. The van der Waals surface area contributed by atoms with Crippen molar-refractivity contribution < 1.29 is 31.9 Å². The summed E-state index contributed by atoms with van der Waals surface area (Å²) in [6.45, 7) is 0. The third-order valence-corrected chi connectivity index (χ3v) is 6.78. The highest BCUT2D eigenvalue weighted by atomic mass is 32.2. The lowest BCUT2D eigenvalue weighted by atomic mass is 10.1. The van der Waals surface area contributed by atoms with Crippen LogP contribution in [0.5, 0.6) is 11.5 Å². The number of amidine groups is 1. The van der Waals surface area contributed by atoms with Crippen molar-refractivity contribution in [2.45, 2.75) is 6.18 Å². The second-order valence-corrected chi connectivity index (χ2v) is 9.28. The lowest BCUT2D eigenvalue weighted by Crippen LogP contribution is -2.29. The van der Waals surface area contributed by atoms with Gasteiger partial charge in [0.1, 0.15) is 28.7 Å². The number of amides is 1. The summed E-state index contributed by atoms with van der Waals surface area (Å²) < 4.78 is 56.2. The molecule has 0 atom stereocenters. The Labute approximate surface area is 226 Å². The summed E-state index contributed by atoms with van der Waals surface area (Å²) in [4.78, 5) is 20.1. The number of thioether (sulfide) groups is 1. The number of furan rings is 1. The standard InChI is InChI=1S/C29H21F3N2O4S/c1-36-24-12-5-3-10-21(24)33-28-34(22-11-4-6-13-25(22)37-2)27(35)26(39-28)17-20-14-15-23(38-20)18-8-7-9-19(16-18)29(30,31)32/h3-17H,1-2H3/b26-17-,33-28?. The molecular weight excluding hydrogens is 529 g/mol. The molecule has 5 rings (SSSR count). The van der Waals surface area contributed by atoms with E-state index < -0.39 is 11.7 Å². The SMILES string of the molecule is COc1ccccc1N=C1S/C(=C\c2ccc(-c3cccc(C(F)(F)F)c3)o2)C(=O)N1c1ccccc1OC. The largest absolute Gasteiger partial charge is 0.495 e. The van der Waals surface area contributed by atoms with Crippen molar-refractivity contribution in [1.82, 2.24) is 0 Å². The maximum atomic E-state index is 13.7. The van der Waals surface area contributed by atoms with Gasteiger partial charge in [-0.15, -0.1) is 0 Å². The summed E-state index contributed by atoms with van der Waals surface area (Å²) in [5, 5.41) is 0.366. The molecule has 1 aliphatic rings. The minimum Gasteiger partial charge on any atom is -0.495 e. The summed E-state index contributed by atoms with van der Waals surface area (Å²) in [7, 11) is 3.05. The Balaban J connectivity index is 1.54. The number of halogens is 3.